The number of ether oxygens (including phenoxy) is 1. The van der Waals surface area contributed by atoms with Gasteiger partial charge in [-0.15, -0.1) is 0 Å². The number of aliphatic imine (C=N–C) groups is 1. The van der Waals surface area contributed by atoms with E-state index in [1.807, 2.05) is 0 Å². The average molecular weight is 344 g/mol. The van der Waals surface area contributed by atoms with Gasteiger partial charge in [-0.3, -0.25) is 4.99 Å². The fourth-order valence-corrected chi connectivity index (χ4v) is 2.59. The fraction of sp³-hybridized carbons (Fsp3) is 0.625. The fourth-order valence-electron chi connectivity index (χ4n) is 2.59. The molecule has 1 heterocycles. The van der Waals surface area contributed by atoms with E-state index in [-0.39, 0.29) is 12.5 Å². The molecule has 24 heavy (non-hydrogen) atoms. The van der Waals surface area contributed by atoms with E-state index in [1.54, 1.807) is 7.05 Å². The summed E-state index contributed by atoms with van der Waals surface area (Å²) in [5.41, 5.74) is -0.787. The van der Waals surface area contributed by atoms with E-state index >= 15 is 0 Å². The number of rotatable bonds is 5. The number of alkyl halides is 3. The summed E-state index contributed by atoms with van der Waals surface area (Å²) in [4.78, 5) is 7.82. The minimum atomic E-state index is -4.38. The Balaban J connectivity index is 1.69. The van der Waals surface area contributed by atoms with Gasteiger partial charge in [0.05, 0.1) is 12.1 Å². The van der Waals surface area contributed by atoms with Crippen LogP contribution < -0.4 is 15.4 Å². The van der Waals surface area contributed by atoms with Crippen molar-refractivity contribution in [3.63, 3.8) is 0 Å². The molecule has 0 unspecified atom stereocenters. The van der Waals surface area contributed by atoms with Gasteiger partial charge in [0.2, 0.25) is 5.88 Å². The molecule has 0 spiro atoms. The first-order valence-corrected chi connectivity index (χ1v) is 8.12. The largest absolute Gasteiger partial charge is 0.476 e. The van der Waals surface area contributed by atoms with E-state index in [2.05, 4.69) is 20.6 Å². The maximum absolute atomic E-state index is 12.4. The highest BCUT2D eigenvalue weighted by atomic mass is 19.4. The minimum Gasteiger partial charge on any atom is -0.476 e. The minimum absolute atomic E-state index is 0.167. The molecule has 0 amide bonds. The zero-order valence-electron chi connectivity index (χ0n) is 13.7. The summed E-state index contributed by atoms with van der Waals surface area (Å²) in [6.07, 6.45) is 2.43. The number of aromatic nitrogens is 1. The van der Waals surface area contributed by atoms with Gasteiger partial charge >= 0.3 is 6.18 Å². The van der Waals surface area contributed by atoms with Crippen LogP contribution in [0.4, 0.5) is 13.2 Å². The van der Waals surface area contributed by atoms with Crippen LogP contribution in [0.5, 0.6) is 5.88 Å². The number of pyridine rings is 1. The van der Waals surface area contributed by atoms with Crippen molar-refractivity contribution in [1.82, 2.24) is 15.6 Å². The van der Waals surface area contributed by atoms with Crippen molar-refractivity contribution in [3.05, 3.63) is 23.9 Å². The second kappa shape index (κ2) is 8.75. The van der Waals surface area contributed by atoms with Crippen LogP contribution in [0.2, 0.25) is 0 Å². The lowest BCUT2D eigenvalue weighted by Crippen LogP contribution is -2.45. The molecule has 2 N–H and O–H groups in total. The van der Waals surface area contributed by atoms with Crippen molar-refractivity contribution in [2.24, 2.45) is 4.99 Å². The Hall–Kier alpha value is -1.99. The van der Waals surface area contributed by atoms with E-state index in [0.29, 0.717) is 18.5 Å². The van der Waals surface area contributed by atoms with Gasteiger partial charge in [0.1, 0.15) is 6.61 Å². The first-order chi connectivity index (χ1) is 11.5. The smallest absolute Gasteiger partial charge is 0.417 e. The van der Waals surface area contributed by atoms with Crippen LogP contribution >= 0.6 is 0 Å². The summed E-state index contributed by atoms with van der Waals surface area (Å²) >= 11 is 0. The quantitative estimate of drug-likeness (QED) is 0.490. The van der Waals surface area contributed by atoms with Crippen molar-refractivity contribution < 1.29 is 17.9 Å². The van der Waals surface area contributed by atoms with E-state index in [1.165, 1.54) is 25.3 Å². The van der Waals surface area contributed by atoms with Gasteiger partial charge in [-0.2, -0.15) is 13.2 Å². The second-order valence-electron chi connectivity index (χ2n) is 5.71. The number of hydrogen-bond acceptors (Lipinski definition) is 3. The van der Waals surface area contributed by atoms with Gasteiger partial charge in [-0.05, 0) is 18.9 Å². The van der Waals surface area contributed by atoms with Gasteiger partial charge in [-0.25, -0.2) is 4.98 Å². The molecular formula is C16H23F3N4O. The molecule has 0 aliphatic heterocycles. The molecule has 134 valence electrons. The van der Waals surface area contributed by atoms with Gasteiger partial charge in [-0.1, -0.05) is 19.3 Å². The molecular weight excluding hydrogens is 321 g/mol. The van der Waals surface area contributed by atoms with Crippen LogP contribution in [-0.4, -0.2) is 37.2 Å². The van der Waals surface area contributed by atoms with Crippen LogP contribution in [0.1, 0.15) is 37.7 Å². The highest BCUT2D eigenvalue weighted by Gasteiger charge is 2.30. The van der Waals surface area contributed by atoms with Crippen molar-refractivity contribution in [3.8, 4) is 5.88 Å². The predicted octanol–water partition coefficient (Wildman–Crippen LogP) is 2.98. The number of nitrogens with zero attached hydrogens (tertiary/aromatic N) is 2. The Kier molecular flexibility index (Phi) is 6.69. The maximum Gasteiger partial charge on any atom is 0.417 e. The Morgan fingerprint density at radius 2 is 2.04 bits per heavy atom. The highest BCUT2D eigenvalue weighted by Crippen LogP contribution is 2.29. The molecule has 2 rings (SSSR count). The summed E-state index contributed by atoms with van der Waals surface area (Å²) < 4.78 is 42.6. The Morgan fingerprint density at radius 1 is 1.29 bits per heavy atom. The van der Waals surface area contributed by atoms with E-state index in [0.717, 1.165) is 25.1 Å². The molecule has 0 aromatic carbocycles. The van der Waals surface area contributed by atoms with Crippen molar-refractivity contribution in [1.29, 1.82) is 0 Å². The van der Waals surface area contributed by atoms with Crippen molar-refractivity contribution in [2.45, 2.75) is 44.3 Å². The highest BCUT2D eigenvalue weighted by molar-refractivity contribution is 5.79. The first-order valence-electron chi connectivity index (χ1n) is 8.12. The summed E-state index contributed by atoms with van der Waals surface area (Å²) in [7, 11) is 1.70. The molecule has 1 fully saturated rings. The van der Waals surface area contributed by atoms with Crippen molar-refractivity contribution >= 4 is 5.96 Å². The van der Waals surface area contributed by atoms with Crippen LogP contribution in [-0.2, 0) is 6.18 Å². The topological polar surface area (TPSA) is 58.5 Å². The van der Waals surface area contributed by atoms with Crippen LogP contribution in [0.25, 0.3) is 0 Å². The standard InChI is InChI=1S/C16H23F3N4O/c1-20-15(23-13-5-3-2-4-6-13)21-9-10-24-14-8-7-12(11-22-14)16(17,18)19/h7-8,11,13H,2-6,9-10H2,1H3,(H2,20,21,23). The van der Waals surface area contributed by atoms with Gasteiger partial charge < -0.3 is 15.4 Å². The number of halogens is 3. The number of nitrogens with one attached hydrogen (secondary N) is 2. The summed E-state index contributed by atoms with van der Waals surface area (Å²) in [6, 6.07) is 2.62. The third kappa shape index (κ3) is 5.90. The molecule has 1 aromatic heterocycles. The normalized spacial score (nSPS) is 16.8. The average Bonchev–Trinajstić information content (AvgIpc) is 2.58. The third-order valence-corrected chi connectivity index (χ3v) is 3.88. The molecule has 0 radical (unpaired) electrons. The Labute approximate surface area is 139 Å². The van der Waals surface area contributed by atoms with Crippen LogP contribution in [0.3, 0.4) is 0 Å². The summed E-state index contributed by atoms with van der Waals surface area (Å²) in [5, 5.41) is 6.50. The Bertz CT molecular complexity index is 525. The van der Waals surface area contributed by atoms with E-state index in [9.17, 15) is 13.2 Å². The second-order valence-corrected chi connectivity index (χ2v) is 5.71. The summed E-state index contributed by atoms with van der Waals surface area (Å²) in [5.74, 6) is 0.880. The molecule has 0 saturated heterocycles. The van der Waals surface area contributed by atoms with Gasteiger partial charge in [0.15, 0.2) is 5.96 Å². The van der Waals surface area contributed by atoms with Crippen LogP contribution in [0.15, 0.2) is 23.3 Å². The Morgan fingerprint density at radius 3 is 2.62 bits per heavy atom. The molecule has 0 atom stereocenters. The molecule has 1 aromatic rings. The van der Waals surface area contributed by atoms with E-state index < -0.39 is 11.7 Å². The third-order valence-electron chi connectivity index (χ3n) is 3.88. The molecule has 0 bridgehead atoms. The predicted molar refractivity (Wildman–Crippen MR) is 86.1 cm³/mol. The molecule has 1 aliphatic carbocycles. The van der Waals surface area contributed by atoms with Crippen molar-refractivity contribution in [2.75, 3.05) is 20.2 Å². The molecule has 8 heteroatoms. The van der Waals surface area contributed by atoms with Crippen LogP contribution in [0, 0.1) is 0 Å². The number of guanidine groups is 1. The zero-order valence-corrected chi connectivity index (χ0v) is 13.7. The van der Waals surface area contributed by atoms with Gasteiger partial charge in [0.25, 0.3) is 0 Å². The molecule has 5 nitrogen and oxygen atoms in total. The maximum atomic E-state index is 12.4. The monoisotopic (exact) mass is 344 g/mol. The van der Waals surface area contributed by atoms with Gasteiger partial charge in [0, 0.05) is 25.4 Å². The van der Waals surface area contributed by atoms with E-state index in [4.69, 9.17) is 4.74 Å². The SMILES string of the molecule is CN=C(NCCOc1ccc(C(F)(F)F)cn1)NC1CCCCC1. The molecule has 1 saturated carbocycles. The lowest BCUT2D eigenvalue weighted by Gasteiger charge is -2.24. The zero-order chi connectivity index (χ0) is 17.4. The lowest BCUT2D eigenvalue weighted by atomic mass is 9.96. The molecule has 1 aliphatic rings. The number of hydrogen-bond donors (Lipinski definition) is 2. The summed E-state index contributed by atoms with van der Waals surface area (Å²) in [6.45, 7) is 0.763. The first kappa shape index (κ1) is 18.4. The lowest BCUT2D eigenvalue weighted by molar-refractivity contribution is -0.137.